The molecule has 3 rings (SSSR count). The molecule has 1 aliphatic carbocycles. The molecule has 0 radical (unpaired) electrons. The maximum absolute atomic E-state index is 12.6. The maximum Gasteiger partial charge on any atom is 0.318 e. The van der Waals surface area contributed by atoms with Gasteiger partial charge in [0.1, 0.15) is 0 Å². The zero-order valence-corrected chi connectivity index (χ0v) is 13.8. The lowest BCUT2D eigenvalue weighted by Gasteiger charge is -2.37. The van der Waals surface area contributed by atoms with Gasteiger partial charge in [-0.15, -0.1) is 0 Å². The molecule has 1 aromatic rings. The Morgan fingerprint density at radius 1 is 1.41 bits per heavy atom. The van der Waals surface area contributed by atoms with Crippen LogP contribution in [-0.4, -0.2) is 46.7 Å². The molecule has 2 amide bonds. The summed E-state index contributed by atoms with van der Waals surface area (Å²) >= 11 is 1.89. The number of nitrogens with zero attached hydrogens (tertiary/aromatic N) is 1. The molecule has 4 nitrogen and oxygen atoms in total. The number of carbonyl (C=O) groups is 1. The smallest absolute Gasteiger partial charge is 0.318 e. The molecule has 0 unspecified atom stereocenters. The lowest BCUT2D eigenvalue weighted by Crippen LogP contribution is -2.49. The molecule has 22 heavy (non-hydrogen) atoms. The van der Waals surface area contributed by atoms with E-state index in [1.165, 1.54) is 12.0 Å². The van der Waals surface area contributed by atoms with Gasteiger partial charge in [-0.2, -0.15) is 11.8 Å². The SMILES string of the molecule is CS[C@@H]1CC[C@H](NC(=O)N2CCc3ccccc3[C@@H]2CO)C1. The molecule has 0 aromatic heterocycles. The third-order valence-corrected chi connectivity index (χ3v) is 5.99. The van der Waals surface area contributed by atoms with E-state index in [4.69, 9.17) is 0 Å². The number of thioether (sulfide) groups is 1. The van der Waals surface area contributed by atoms with Crippen LogP contribution in [0.3, 0.4) is 0 Å². The van der Waals surface area contributed by atoms with Crippen LogP contribution in [-0.2, 0) is 6.42 Å². The second-order valence-electron chi connectivity index (χ2n) is 6.16. The Bertz CT molecular complexity index is 537. The highest BCUT2D eigenvalue weighted by Gasteiger charge is 2.32. The highest BCUT2D eigenvalue weighted by molar-refractivity contribution is 7.99. The molecular weight excluding hydrogens is 296 g/mol. The molecule has 2 aliphatic rings. The van der Waals surface area contributed by atoms with E-state index in [9.17, 15) is 9.90 Å². The van der Waals surface area contributed by atoms with Crippen LogP contribution in [0.1, 0.15) is 36.4 Å². The van der Waals surface area contributed by atoms with Crippen molar-refractivity contribution in [2.24, 2.45) is 0 Å². The summed E-state index contributed by atoms with van der Waals surface area (Å²) in [6.07, 6.45) is 6.29. The van der Waals surface area contributed by atoms with Crippen LogP contribution in [0, 0.1) is 0 Å². The number of aliphatic hydroxyl groups is 1. The lowest BCUT2D eigenvalue weighted by atomic mass is 9.93. The zero-order valence-electron chi connectivity index (χ0n) is 13.0. The van der Waals surface area contributed by atoms with Gasteiger partial charge in [0, 0.05) is 17.8 Å². The Labute approximate surface area is 136 Å². The monoisotopic (exact) mass is 320 g/mol. The first kappa shape index (κ1) is 15.7. The summed E-state index contributed by atoms with van der Waals surface area (Å²) in [5, 5.41) is 13.6. The lowest BCUT2D eigenvalue weighted by molar-refractivity contribution is 0.125. The second kappa shape index (κ2) is 6.92. The average Bonchev–Trinajstić information content (AvgIpc) is 3.01. The van der Waals surface area contributed by atoms with E-state index in [1.807, 2.05) is 30.0 Å². The Morgan fingerprint density at radius 2 is 2.23 bits per heavy atom. The summed E-state index contributed by atoms with van der Waals surface area (Å²) in [5.74, 6) is 0. The summed E-state index contributed by atoms with van der Waals surface area (Å²) < 4.78 is 0. The third kappa shape index (κ3) is 3.10. The number of fused-ring (bicyclic) bond motifs is 1. The van der Waals surface area contributed by atoms with Crippen molar-refractivity contribution in [1.82, 2.24) is 10.2 Å². The van der Waals surface area contributed by atoms with Crippen molar-refractivity contribution in [1.29, 1.82) is 0 Å². The van der Waals surface area contributed by atoms with Crippen LogP contribution in [0.5, 0.6) is 0 Å². The van der Waals surface area contributed by atoms with Crippen molar-refractivity contribution in [2.75, 3.05) is 19.4 Å². The van der Waals surface area contributed by atoms with E-state index in [-0.39, 0.29) is 24.7 Å². The van der Waals surface area contributed by atoms with Crippen molar-refractivity contribution in [2.45, 2.75) is 43.0 Å². The van der Waals surface area contributed by atoms with Gasteiger partial charge in [-0.3, -0.25) is 0 Å². The minimum Gasteiger partial charge on any atom is -0.394 e. The molecule has 3 atom stereocenters. The summed E-state index contributed by atoms with van der Waals surface area (Å²) in [4.78, 5) is 14.4. The van der Waals surface area contributed by atoms with Gasteiger partial charge in [0.15, 0.2) is 0 Å². The van der Waals surface area contributed by atoms with Gasteiger partial charge in [0.05, 0.1) is 12.6 Å². The van der Waals surface area contributed by atoms with Gasteiger partial charge in [0.2, 0.25) is 0 Å². The van der Waals surface area contributed by atoms with Gasteiger partial charge < -0.3 is 15.3 Å². The molecule has 2 N–H and O–H groups in total. The zero-order chi connectivity index (χ0) is 15.5. The summed E-state index contributed by atoms with van der Waals surface area (Å²) in [7, 11) is 0. The number of rotatable bonds is 3. The van der Waals surface area contributed by atoms with Crippen LogP contribution in [0.25, 0.3) is 0 Å². The van der Waals surface area contributed by atoms with E-state index in [0.717, 1.165) is 24.8 Å². The number of carbonyl (C=O) groups excluding carboxylic acids is 1. The van der Waals surface area contributed by atoms with Crippen molar-refractivity contribution >= 4 is 17.8 Å². The first-order chi connectivity index (χ1) is 10.7. The molecule has 1 aromatic carbocycles. The molecular formula is C17H24N2O2S. The highest BCUT2D eigenvalue weighted by Crippen LogP contribution is 2.31. The highest BCUT2D eigenvalue weighted by atomic mass is 32.2. The number of amides is 2. The van der Waals surface area contributed by atoms with Crippen molar-refractivity contribution < 1.29 is 9.90 Å². The average molecular weight is 320 g/mol. The number of urea groups is 1. The number of hydrogen-bond donors (Lipinski definition) is 2. The molecule has 1 saturated carbocycles. The Hall–Kier alpha value is -1.20. The normalized spacial score (nSPS) is 27.5. The second-order valence-corrected chi connectivity index (χ2v) is 7.30. The summed E-state index contributed by atoms with van der Waals surface area (Å²) in [6.45, 7) is 0.648. The first-order valence-electron chi connectivity index (χ1n) is 8.01. The van der Waals surface area contributed by atoms with E-state index < -0.39 is 0 Å². The number of hydrogen-bond acceptors (Lipinski definition) is 3. The molecule has 1 fully saturated rings. The molecule has 5 heteroatoms. The third-order valence-electron chi connectivity index (χ3n) is 4.89. The Balaban J connectivity index is 1.68. The summed E-state index contributed by atoms with van der Waals surface area (Å²) in [5.41, 5.74) is 2.33. The quantitative estimate of drug-likeness (QED) is 0.900. The van der Waals surface area contributed by atoms with Gasteiger partial charge >= 0.3 is 6.03 Å². The molecule has 120 valence electrons. The Morgan fingerprint density at radius 3 is 2.95 bits per heavy atom. The molecule has 1 heterocycles. The summed E-state index contributed by atoms with van der Waals surface area (Å²) in [6, 6.07) is 8.14. The van der Waals surface area contributed by atoms with Crippen LogP contribution in [0.4, 0.5) is 4.79 Å². The fourth-order valence-electron chi connectivity index (χ4n) is 3.63. The van der Waals surface area contributed by atoms with E-state index in [2.05, 4.69) is 17.6 Å². The van der Waals surface area contributed by atoms with Gasteiger partial charge in [-0.05, 0) is 43.1 Å². The van der Waals surface area contributed by atoms with Crippen LogP contribution >= 0.6 is 11.8 Å². The predicted molar refractivity (Wildman–Crippen MR) is 90.2 cm³/mol. The minimum atomic E-state index is -0.220. The van der Waals surface area contributed by atoms with E-state index in [1.54, 1.807) is 4.90 Å². The van der Waals surface area contributed by atoms with Gasteiger partial charge in [-0.25, -0.2) is 4.79 Å². The fraction of sp³-hybridized carbons (Fsp3) is 0.588. The van der Waals surface area contributed by atoms with Crippen molar-refractivity contribution in [3.8, 4) is 0 Å². The topological polar surface area (TPSA) is 52.6 Å². The van der Waals surface area contributed by atoms with Crippen LogP contribution in [0.2, 0.25) is 0 Å². The fourth-order valence-corrected chi connectivity index (χ4v) is 4.43. The van der Waals surface area contributed by atoms with E-state index >= 15 is 0 Å². The standard InChI is InChI=1S/C17H24N2O2S/c1-22-14-7-6-13(10-14)18-17(21)19-9-8-12-4-2-3-5-15(12)16(19)11-20/h2-5,13-14,16,20H,6-11H2,1H3,(H,18,21)/t13-,14+,16-/m0/s1. The molecule has 0 saturated heterocycles. The minimum absolute atomic E-state index is 0.0253. The number of benzene rings is 1. The predicted octanol–water partition coefficient (Wildman–Crippen LogP) is 2.57. The molecule has 1 aliphatic heterocycles. The molecule has 0 bridgehead atoms. The van der Waals surface area contributed by atoms with Gasteiger partial charge in [0.25, 0.3) is 0 Å². The molecule has 0 spiro atoms. The van der Waals surface area contributed by atoms with Crippen LogP contribution < -0.4 is 5.32 Å². The number of nitrogens with one attached hydrogen (secondary N) is 1. The van der Waals surface area contributed by atoms with Crippen LogP contribution in [0.15, 0.2) is 24.3 Å². The van der Waals surface area contributed by atoms with E-state index in [0.29, 0.717) is 11.8 Å². The largest absolute Gasteiger partial charge is 0.394 e. The van der Waals surface area contributed by atoms with Crippen molar-refractivity contribution in [3.63, 3.8) is 0 Å². The maximum atomic E-state index is 12.6. The first-order valence-corrected chi connectivity index (χ1v) is 9.30. The Kier molecular flexibility index (Phi) is 4.93. The number of aliphatic hydroxyl groups excluding tert-OH is 1. The van der Waals surface area contributed by atoms with Gasteiger partial charge in [-0.1, -0.05) is 24.3 Å². The van der Waals surface area contributed by atoms with Crippen molar-refractivity contribution in [3.05, 3.63) is 35.4 Å².